The molecule has 0 aliphatic heterocycles. The van der Waals surface area contributed by atoms with Crippen molar-refractivity contribution in [3.05, 3.63) is 175 Å². The van der Waals surface area contributed by atoms with Crippen molar-refractivity contribution < 1.29 is 8.83 Å². The SMILES string of the molecule is CC1(C)c2ccccc2-c2c(N(c3cccc4c3oc3ccccc34)c3ccc(-c4ccc5ccccc5c4)c4oc5ccccc5c34)cccc21. The molecule has 1 aliphatic rings. The Bertz CT molecular complexity index is 3070. The summed E-state index contributed by atoms with van der Waals surface area (Å²) in [6, 6.07) is 58.6. The van der Waals surface area contributed by atoms with Crippen LogP contribution in [0.3, 0.4) is 0 Å². The Labute approximate surface area is 301 Å². The first kappa shape index (κ1) is 29.2. The smallest absolute Gasteiger partial charge is 0.159 e. The lowest BCUT2D eigenvalue weighted by Gasteiger charge is -2.29. The Morgan fingerprint density at radius 1 is 0.442 bits per heavy atom. The number of rotatable bonds is 4. The molecule has 0 unspecified atom stereocenters. The molecule has 11 rings (SSSR count). The van der Waals surface area contributed by atoms with E-state index < -0.39 is 0 Å². The topological polar surface area (TPSA) is 29.5 Å². The molecule has 0 fully saturated rings. The number of hydrogen-bond donors (Lipinski definition) is 0. The first-order valence-electron chi connectivity index (χ1n) is 17.9. The zero-order valence-electron chi connectivity index (χ0n) is 28.9. The van der Waals surface area contributed by atoms with Crippen LogP contribution in [0.5, 0.6) is 0 Å². The van der Waals surface area contributed by atoms with E-state index in [4.69, 9.17) is 8.83 Å². The minimum Gasteiger partial charge on any atom is -0.455 e. The van der Waals surface area contributed by atoms with Crippen LogP contribution in [-0.4, -0.2) is 0 Å². The first-order chi connectivity index (χ1) is 25.6. The third-order valence-corrected chi connectivity index (χ3v) is 11.3. The monoisotopic (exact) mass is 667 g/mol. The van der Waals surface area contributed by atoms with Gasteiger partial charge in [0, 0.05) is 32.7 Å². The van der Waals surface area contributed by atoms with Crippen LogP contribution in [0.2, 0.25) is 0 Å². The fraction of sp³-hybridized carbons (Fsp3) is 0.0612. The van der Waals surface area contributed by atoms with Crippen molar-refractivity contribution in [1.82, 2.24) is 0 Å². The minimum absolute atomic E-state index is 0.156. The summed E-state index contributed by atoms with van der Waals surface area (Å²) in [5.41, 5.74) is 13.8. The summed E-state index contributed by atoms with van der Waals surface area (Å²) in [6.07, 6.45) is 0. The van der Waals surface area contributed by atoms with Crippen LogP contribution in [-0.2, 0) is 5.41 Å². The number of nitrogens with zero attached hydrogens (tertiary/aromatic N) is 1. The van der Waals surface area contributed by atoms with Crippen molar-refractivity contribution in [2.45, 2.75) is 19.3 Å². The molecular weight excluding hydrogens is 635 g/mol. The Kier molecular flexibility index (Phi) is 6.01. The minimum atomic E-state index is -0.156. The number of furan rings is 2. The molecule has 3 heteroatoms. The summed E-state index contributed by atoms with van der Waals surface area (Å²) in [4.78, 5) is 2.43. The average molecular weight is 668 g/mol. The van der Waals surface area contributed by atoms with Crippen molar-refractivity contribution >= 4 is 71.7 Å². The highest BCUT2D eigenvalue weighted by atomic mass is 16.3. The summed E-state index contributed by atoms with van der Waals surface area (Å²) in [6.45, 7) is 4.68. The number of benzene rings is 8. The van der Waals surface area contributed by atoms with Gasteiger partial charge in [0.15, 0.2) is 5.58 Å². The van der Waals surface area contributed by atoms with E-state index in [-0.39, 0.29) is 5.41 Å². The number of hydrogen-bond acceptors (Lipinski definition) is 3. The van der Waals surface area contributed by atoms with E-state index >= 15 is 0 Å². The van der Waals surface area contributed by atoms with Gasteiger partial charge in [0.1, 0.15) is 16.7 Å². The summed E-state index contributed by atoms with van der Waals surface area (Å²) in [5.74, 6) is 0. The number of anilines is 3. The van der Waals surface area contributed by atoms with E-state index in [0.717, 1.165) is 72.1 Å². The molecule has 8 aromatic carbocycles. The van der Waals surface area contributed by atoms with Gasteiger partial charge in [-0.3, -0.25) is 0 Å². The van der Waals surface area contributed by atoms with Gasteiger partial charge in [-0.15, -0.1) is 0 Å². The van der Waals surface area contributed by atoms with Crippen LogP contribution in [0.15, 0.2) is 173 Å². The van der Waals surface area contributed by atoms with Crippen LogP contribution in [0.4, 0.5) is 17.1 Å². The molecular formula is C49H33NO2. The predicted octanol–water partition coefficient (Wildman–Crippen LogP) is 14.1. The Hall–Kier alpha value is -6.58. The molecule has 0 saturated carbocycles. The fourth-order valence-corrected chi connectivity index (χ4v) is 8.80. The molecule has 0 bridgehead atoms. The lowest BCUT2D eigenvalue weighted by atomic mass is 9.82. The highest BCUT2D eigenvalue weighted by molar-refractivity contribution is 6.19. The van der Waals surface area contributed by atoms with Gasteiger partial charge in [-0.1, -0.05) is 135 Å². The quantitative estimate of drug-likeness (QED) is 0.187. The molecule has 246 valence electrons. The van der Waals surface area contributed by atoms with Crippen LogP contribution < -0.4 is 4.90 Å². The second kappa shape index (κ2) is 10.7. The van der Waals surface area contributed by atoms with Gasteiger partial charge in [-0.2, -0.15) is 0 Å². The summed E-state index contributed by atoms with van der Waals surface area (Å²) in [5, 5.41) is 6.76. The van der Waals surface area contributed by atoms with Crippen molar-refractivity contribution in [3.8, 4) is 22.3 Å². The van der Waals surface area contributed by atoms with Crippen molar-refractivity contribution in [1.29, 1.82) is 0 Å². The molecule has 0 saturated heterocycles. The maximum absolute atomic E-state index is 6.88. The molecule has 0 radical (unpaired) electrons. The van der Waals surface area contributed by atoms with E-state index in [1.54, 1.807) is 0 Å². The van der Waals surface area contributed by atoms with E-state index in [9.17, 15) is 0 Å². The van der Waals surface area contributed by atoms with E-state index in [1.807, 2.05) is 6.07 Å². The molecule has 3 nitrogen and oxygen atoms in total. The van der Waals surface area contributed by atoms with Gasteiger partial charge in [0.25, 0.3) is 0 Å². The first-order valence-corrected chi connectivity index (χ1v) is 17.9. The van der Waals surface area contributed by atoms with Gasteiger partial charge in [0.2, 0.25) is 0 Å². The lowest BCUT2D eigenvalue weighted by molar-refractivity contribution is 0.660. The van der Waals surface area contributed by atoms with Gasteiger partial charge in [0.05, 0.1) is 22.4 Å². The molecule has 2 aromatic heterocycles. The molecule has 0 N–H and O–H groups in total. The van der Waals surface area contributed by atoms with E-state index in [0.29, 0.717) is 0 Å². The largest absolute Gasteiger partial charge is 0.455 e. The maximum Gasteiger partial charge on any atom is 0.159 e. The van der Waals surface area contributed by atoms with Gasteiger partial charge in [-0.05, 0) is 75.5 Å². The third-order valence-electron chi connectivity index (χ3n) is 11.3. The molecule has 0 amide bonds. The maximum atomic E-state index is 6.88. The van der Waals surface area contributed by atoms with Crippen LogP contribution in [0.1, 0.15) is 25.0 Å². The van der Waals surface area contributed by atoms with Gasteiger partial charge < -0.3 is 13.7 Å². The number of fused-ring (bicyclic) bond motifs is 10. The van der Waals surface area contributed by atoms with Crippen LogP contribution in [0, 0.1) is 0 Å². The molecule has 2 heterocycles. The van der Waals surface area contributed by atoms with E-state index in [1.165, 1.54) is 33.0 Å². The summed E-state index contributed by atoms with van der Waals surface area (Å²) < 4.78 is 13.7. The fourth-order valence-electron chi connectivity index (χ4n) is 8.80. The normalized spacial score (nSPS) is 13.3. The zero-order valence-corrected chi connectivity index (χ0v) is 28.9. The Morgan fingerprint density at radius 3 is 1.98 bits per heavy atom. The second-order valence-corrected chi connectivity index (χ2v) is 14.5. The average Bonchev–Trinajstić information content (AvgIpc) is 3.84. The molecule has 10 aromatic rings. The van der Waals surface area contributed by atoms with Gasteiger partial charge in [-0.25, -0.2) is 0 Å². The molecule has 0 atom stereocenters. The van der Waals surface area contributed by atoms with E-state index in [2.05, 4.69) is 176 Å². The van der Waals surface area contributed by atoms with Crippen LogP contribution >= 0.6 is 0 Å². The second-order valence-electron chi connectivity index (χ2n) is 14.5. The lowest BCUT2D eigenvalue weighted by Crippen LogP contribution is -2.16. The standard InChI is InChI=1S/C49H33NO2/c1-49(2)38-19-8-5-16-36(38)45-39(49)20-12-21-40(45)50(42-22-11-18-35-34-15-6-9-23-43(34)51-47(35)42)41-28-27-33(32-26-25-30-13-3-4-14-31(30)29-32)48-46(41)37-17-7-10-24-44(37)52-48/h3-29H,1-2H3. The molecule has 1 aliphatic carbocycles. The number of para-hydroxylation sites is 3. The summed E-state index contributed by atoms with van der Waals surface area (Å²) in [7, 11) is 0. The van der Waals surface area contributed by atoms with Gasteiger partial charge >= 0.3 is 0 Å². The highest BCUT2D eigenvalue weighted by Gasteiger charge is 2.38. The predicted molar refractivity (Wildman–Crippen MR) is 216 cm³/mol. The molecule has 52 heavy (non-hydrogen) atoms. The van der Waals surface area contributed by atoms with Crippen LogP contribution in [0.25, 0.3) is 76.9 Å². The van der Waals surface area contributed by atoms with Crippen molar-refractivity contribution in [2.24, 2.45) is 0 Å². The highest BCUT2D eigenvalue weighted by Crippen LogP contribution is 2.56. The molecule has 0 spiro atoms. The third kappa shape index (κ3) is 4.02. The van der Waals surface area contributed by atoms with Crippen molar-refractivity contribution in [3.63, 3.8) is 0 Å². The summed E-state index contributed by atoms with van der Waals surface area (Å²) >= 11 is 0. The van der Waals surface area contributed by atoms with Crippen molar-refractivity contribution in [2.75, 3.05) is 4.90 Å². The Balaban J connectivity index is 1.27. The zero-order chi connectivity index (χ0) is 34.6. The Morgan fingerprint density at radius 2 is 1.10 bits per heavy atom.